The molecule has 10 heavy (non-hydrogen) atoms. The van der Waals surface area contributed by atoms with Crippen LogP contribution in [0.25, 0.3) is 0 Å². The van der Waals surface area contributed by atoms with Crippen LogP contribution in [0.3, 0.4) is 0 Å². The van der Waals surface area contributed by atoms with Gasteiger partial charge in [0.15, 0.2) is 6.29 Å². The van der Waals surface area contributed by atoms with Crippen molar-refractivity contribution < 1.29 is 9.84 Å². The lowest BCUT2D eigenvalue weighted by Gasteiger charge is -2.15. The molecule has 0 amide bonds. The monoisotopic (exact) mass is 162 g/mol. The van der Waals surface area contributed by atoms with E-state index in [0.29, 0.717) is 6.61 Å². The van der Waals surface area contributed by atoms with Crippen LogP contribution in [0.1, 0.15) is 6.92 Å². The first-order valence-electron chi connectivity index (χ1n) is 3.71. The molecule has 0 rings (SSSR count). The largest absolute Gasteiger partial charge is 0.368 e. The lowest BCUT2D eigenvalue weighted by Crippen LogP contribution is -2.23. The maximum atomic E-state index is 8.74. The molecular formula is C7H18O2Si. The molecule has 0 aromatic rings. The van der Waals surface area contributed by atoms with Gasteiger partial charge in [0.1, 0.15) is 0 Å². The van der Waals surface area contributed by atoms with Gasteiger partial charge >= 0.3 is 0 Å². The molecule has 0 heterocycles. The molecular weight excluding hydrogens is 144 g/mol. The SMILES string of the molecule is CC(O)OCC[Si](C)(C)C. The molecule has 0 aromatic heterocycles. The number of ether oxygens (including phenoxy) is 1. The Morgan fingerprint density at radius 2 is 1.90 bits per heavy atom. The summed E-state index contributed by atoms with van der Waals surface area (Å²) in [5.41, 5.74) is 0. The van der Waals surface area contributed by atoms with Crippen LogP contribution in [-0.4, -0.2) is 26.1 Å². The van der Waals surface area contributed by atoms with Crippen molar-refractivity contribution >= 4 is 8.07 Å². The highest BCUT2D eigenvalue weighted by molar-refractivity contribution is 6.76. The zero-order chi connectivity index (χ0) is 8.20. The Hall–Kier alpha value is 0.137. The van der Waals surface area contributed by atoms with Crippen LogP contribution in [0.4, 0.5) is 0 Å². The fraction of sp³-hybridized carbons (Fsp3) is 1.00. The average Bonchev–Trinajstić information content (AvgIpc) is 1.59. The fourth-order valence-corrected chi connectivity index (χ4v) is 1.27. The fourth-order valence-electron chi connectivity index (χ4n) is 0.536. The van der Waals surface area contributed by atoms with E-state index >= 15 is 0 Å². The van der Waals surface area contributed by atoms with Gasteiger partial charge in [0.05, 0.1) is 0 Å². The molecule has 1 unspecified atom stereocenters. The molecule has 0 radical (unpaired) electrons. The molecule has 0 fully saturated rings. The standard InChI is InChI=1S/C7H18O2Si/c1-7(8)9-5-6-10(2,3)4/h7-8H,5-6H2,1-4H3. The zero-order valence-corrected chi connectivity index (χ0v) is 8.35. The minimum atomic E-state index is -0.960. The van der Waals surface area contributed by atoms with Crippen LogP contribution in [0, 0.1) is 0 Å². The molecule has 62 valence electrons. The Kier molecular flexibility index (Phi) is 4.16. The van der Waals surface area contributed by atoms with E-state index in [9.17, 15) is 0 Å². The molecule has 1 atom stereocenters. The van der Waals surface area contributed by atoms with Gasteiger partial charge in [-0.3, -0.25) is 0 Å². The van der Waals surface area contributed by atoms with Gasteiger partial charge < -0.3 is 9.84 Å². The number of aliphatic hydroxyl groups excluding tert-OH is 1. The second-order valence-electron chi connectivity index (χ2n) is 3.78. The summed E-state index contributed by atoms with van der Waals surface area (Å²) in [5, 5.41) is 8.74. The lowest BCUT2D eigenvalue weighted by atomic mass is 10.7. The average molecular weight is 162 g/mol. The second kappa shape index (κ2) is 4.11. The Morgan fingerprint density at radius 1 is 1.40 bits per heavy atom. The van der Waals surface area contributed by atoms with Gasteiger partial charge in [0, 0.05) is 14.7 Å². The van der Waals surface area contributed by atoms with Gasteiger partial charge in [-0.1, -0.05) is 19.6 Å². The molecule has 0 saturated heterocycles. The van der Waals surface area contributed by atoms with Gasteiger partial charge in [-0.05, 0) is 13.0 Å². The highest BCUT2D eigenvalue weighted by Gasteiger charge is 2.12. The predicted octanol–water partition coefficient (Wildman–Crippen LogP) is 1.68. The van der Waals surface area contributed by atoms with Crippen molar-refractivity contribution in [3.63, 3.8) is 0 Å². The third-order valence-corrected chi connectivity index (χ3v) is 2.92. The smallest absolute Gasteiger partial charge is 0.151 e. The molecule has 0 aliphatic rings. The summed E-state index contributed by atoms with van der Waals surface area (Å²) in [6.45, 7) is 9.22. The Labute approximate surface area is 64.2 Å². The van der Waals surface area contributed by atoms with Crippen molar-refractivity contribution in [2.75, 3.05) is 6.61 Å². The summed E-state index contributed by atoms with van der Waals surface area (Å²) < 4.78 is 5.01. The molecule has 0 aliphatic heterocycles. The minimum Gasteiger partial charge on any atom is -0.368 e. The van der Waals surface area contributed by atoms with E-state index in [-0.39, 0.29) is 0 Å². The Balaban J connectivity index is 3.21. The molecule has 0 bridgehead atoms. The van der Waals surface area contributed by atoms with E-state index in [1.807, 2.05) is 0 Å². The van der Waals surface area contributed by atoms with Crippen molar-refractivity contribution in [2.45, 2.75) is 38.9 Å². The first-order valence-corrected chi connectivity index (χ1v) is 7.42. The van der Waals surface area contributed by atoms with E-state index < -0.39 is 14.4 Å². The predicted molar refractivity (Wildman–Crippen MR) is 45.8 cm³/mol. The number of rotatable bonds is 4. The van der Waals surface area contributed by atoms with Crippen LogP contribution < -0.4 is 0 Å². The van der Waals surface area contributed by atoms with Crippen molar-refractivity contribution in [3.05, 3.63) is 0 Å². The molecule has 0 aliphatic carbocycles. The third-order valence-electron chi connectivity index (χ3n) is 1.21. The van der Waals surface area contributed by atoms with Gasteiger partial charge in [0.2, 0.25) is 0 Å². The van der Waals surface area contributed by atoms with E-state index in [4.69, 9.17) is 9.84 Å². The summed E-state index contributed by atoms with van der Waals surface area (Å²) in [5.74, 6) is 0. The molecule has 3 heteroatoms. The maximum Gasteiger partial charge on any atom is 0.151 e. The topological polar surface area (TPSA) is 29.5 Å². The van der Waals surface area contributed by atoms with Crippen LogP contribution in [0.2, 0.25) is 25.7 Å². The van der Waals surface area contributed by atoms with Gasteiger partial charge in [-0.25, -0.2) is 0 Å². The summed E-state index contributed by atoms with van der Waals surface area (Å²) >= 11 is 0. The van der Waals surface area contributed by atoms with Crippen molar-refractivity contribution in [1.82, 2.24) is 0 Å². The molecule has 2 nitrogen and oxygen atoms in total. The number of aliphatic hydroxyl groups is 1. The van der Waals surface area contributed by atoms with Gasteiger partial charge in [-0.2, -0.15) is 0 Å². The van der Waals surface area contributed by atoms with Crippen LogP contribution in [-0.2, 0) is 4.74 Å². The molecule has 1 N–H and O–H groups in total. The van der Waals surface area contributed by atoms with Gasteiger partial charge in [-0.15, -0.1) is 0 Å². The summed E-state index contributed by atoms with van der Waals surface area (Å²) in [7, 11) is -0.960. The summed E-state index contributed by atoms with van der Waals surface area (Å²) in [4.78, 5) is 0. The van der Waals surface area contributed by atoms with E-state index in [1.54, 1.807) is 6.92 Å². The number of hydrogen-bond donors (Lipinski definition) is 1. The molecule has 0 spiro atoms. The normalized spacial score (nSPS) is 15.3. The van der Waals surface area contributed by atoms with Crippen LogP contribution >= 0.6 is 0 Å². The van der Waals surface area contributed by atoms with Crippen molar-refractivity contribution in [1.29, 1.82) is 0 Å². The van der Waals surface area contributed by atoms with E-state index in [0.717, 1.165) is 6.04 Å². The Morgan fingerprint density at radius 3 is 2.20 bits per heavy atom. The highest BCUT2D eigenvalue weighted by Crippen LogP contribution is 2.07. The zero-order valence-electron chi connectivity index (χ0n) is 7.35. The maximum absolute atomic E-state index is 8.74. The number of hydrogen-bond acceptors (Lipinski definition) is 2. The van der Waals surface area contributed by atoms with Crippen LogP contribution in [0.5, 0.6) is 0 Å². The minimum absolute atomic E-state index is 0.601. The quantitative estimate of drug-likeness (QED) is 0.503. The summed E-state index contributed by atoms with van der Waals surface area (Å²) in [6.07, 6.45) is -0.601. The second-order valence-corrected chi connectivity index (χ2v) is 9.40. The summed E-state index contributed by atoms with van der Waals surface area (Å²) in [6, 6.07) is 1.12. The van der Waals surface area contributed by atoms with Gasteiger partial charge in [0.25, 0.3) is 0 Å². The van der Waals surface area contributed by atoms with Crippen molar-refractivity contribution in [3.8, 4) is 0 Å². The Bertz CT molecular complexity index is 86.1. The van der Waals surface area contributed by atoms with E-state index in [1.165, 1.54) is 0 Å². The highest BCUT2D eigenvalue weighted by atomic mass is 28.3. The third kappa shape index (κ3) is 8.14. The van der Waals surface area contributed by atoms with Crippen molar-refractivity contribution in [2.24, 2.45) is 0 Å². The lowest BCUT2D eigenvalue weighted by molar-refractivity contribution is -0.0802. The van der Waals surface area contributed by atoms with Crippen LogP contribution in [0.15, 0.2) is 0 Å². The molecule has 0 saturated carbocycles. The first kappa shape index (κ1) is 10.1. The molecule has 0 aromatic carbocycles. The first-order chi connectivity index (χ1) is 4.42. The van der Waals surface area contributed by atoms with E-state index in [2.05, 4.69) is 19.6 Å².